The number of aromatic nitrogens is 1. The first-order chi connectivity index (χ1) is 6.29. The molecule has 2 rings (SSSR count). The Morgan fingerprint density at radius 3 is 2.77 bits per heavy atom. The van der Waals surface area contributed by atoms with Gasteiger partial charge in [-0.2, -0.15) is 0 Å². The number of thiazole rings is 1. The van der Waals surface area contributed by atoms with Gasteiger partial charge in [0.2, 0.25) is 0 Å². The molecule has 0 radical (unpaired) electrons. The van der Waals surface area contributed by atoms with Crippen LogP contribution in [0, 0.1) is 12.8 Å². The van der Waals surface area contributed by atoms with Crippen LogP contribution >= 0.6 is 11.3 Å². The first-order valence-corrected chi connectivity index (χ1v) is 5.77. The maximum Gasteiger partial charge on any atom is 0.0934 e. The van der Waals surface area contributed by atoms with E-state index in [4.69, 9.17) is 0 Å². The lowest BCUT2D eigenvalue weighted by Crippen LogP contribution is -2.43. The van der Waals surface area contributed by atoms with Crippen LogP contribution in [0.2, 0.25) is 0 Å². The number of hydrogen-bond donors (Lipinski definition) is 1. The molecule has 1 fully saturated rings. The smallest absolute Gasteiger partial charge is 0.0934 e. The molecule has 0 aromatic carbocycles. The van der Waals surface area contributed by atoms with Crippen LogP contribution in [0.25, 0.3) is 0 Å². The average molecular weight is 196 g/mol. The van der Waals surface area contributed by atoms with E-state index in [9.17, 15) is 0 Å². The summed E-state index contributed by atoms with van der Waals surface area (Å²) in [4.78, 5) is 6.05. The van der Waals surface area contributed by atoms with E-state index in [-0.39, 0.29) is 0 Å². The standard InChI is InChI=1S/C10H16N2S/c1-3-9-7(2)12-10(13-9)4-8-5-11-6-8/h8,11H,3-6H2,1-2H3. The highest BCUT2D eigenvalue weighted by atomic mass is 32.1. The van der Waals surface area contributed by atoms with Gasteiger partial charge in [-0.25, -0.2) is 4.98 Å². The van der Waals surface area contributed by atoms with Gasteiger partial charge in [0.25, 0.3) is 0 Å². The van der Waals surface area contributed by atoms with E-state index in [0.717, 1.165) is 12.3 Å². The predicted molar refractivity (Wildman–Crippen MR) is 56.3 cm³/mol. The summed E-state index contributed by atoms with van der Waals surface area (Å²) in [6.45, 7) is 6.69. The summed E-state index contributed by atoms with van der Waals surface area (Å²) in [5.41, 5.74) is 1.25. The topological polar surface area (TPSA) is 24.9 Å². The average Bonchev–Trinajstić information content (AvgIpc) is 2.39. The number of nitrogens with one attached hydrogen (secondary N) is 1. The lowest BCUT2D eigenvalue weighted by atomic mass is 10.0. The maximum absolute atomic E-state index is 4.59. The fourth-order valence-electron chi connectivity index (χ4n) is 1.64. The van der Waals surface area contributed by atoms with Crippen LogP contribution in [-0.4, -0.2) is 18.1 Å². The first-order valence-electron chi connectivity index (χ1n) is 4.95. The molecule has 0 unspecified atom stereocenters. The Balaban J connectivity index is 2.03. The second-order valence-electron chi connectivity index (χ2n) is 3.70. The van der Waals surface area contributed by atoms with Crippen molar-refractivity contribution in [1.29, 1.82) is 0 Å². The quantitative estimate of drug-likeness (QED) is 0.797. The van der Waals surface area contributed by atoms with Crippen molar-refractivity contribution in [3.63, 3.8) is 0 Å². The van der Waals surface area contributed by atoms with Gasteiger partial charge in [-0.05, 0) is 32.4 Å². The summed E-state index contributed by atoms with van der Waals surface area (Å²) in [6, 6.07) is 0. The maximum atomic E-state index is 4.59. The molecule has 13 heavy (non-hydrogen) atoms. The van der Waals surface area contributed by atoms with Crippen molar-refractivity contribution in [1.82, 2.24) is 10.3 Å². The number of rotatable bonds is 3. The van der Waals surface area contributed by atoms with Crippen LogP contribution in [0.5, 0.6) is 0 Å². The largest absolute Gasteiger partial charge is 0.316 e. The molecule has 1 aliphatic rings. The lowest BCUT2D eigenvalue weighted by Gasteiger charge is -2.25. The minimum atomic E-state index is 0.843. The summed E-state index contributed by atoms with van der Waals surface area (Å²) in [5.74, 6) is 0.843. The van der Waals surface area contributed by atoms with Crippen LogP contribution in [0.1, 0.15) is 22.5 Å². The fourth-order valence-corrected chi connectivity index (χ4v) is 2.77. The van der Waals surface area contributed by atoms with Gasteiger partial charge in [0.15, 0.2) is 0 Å². The molecule has 3 heteroatoms. The SMILES string of the molecule is CCc1sc(CC2CNC2)nc1C. The van der Waals surface area contributed by atoms with E-state index < -0.39 is 0 Å². The van der Waals surface area contributed by atoms with E-state index in [2.05, 4.69) is 24.1 Å². The molecule has 1 aromatic heterocycles. The zero-order chi connectivity index (χ0) is 9.26. The van der Waals surface area contributed by atoms with Crippen LogP contribution in [0.4, 0.5) is 0 Å². The molecule has 2 heterocycles. The zero-order valence-corrected chi connectivity index (χ0v) is 9.08. The Morgan fingerprint density at radius 1 is 1.54 bits per heavy atom. The Bertz CT molecular complexity index is 289. The highest BCUT2D eigenvalue weighted by Crippen LogP contribution is 2.22. The van der Waals surface area contributed by atoms with E-state index >= 15 is 0 Å². The molecule has 72 valence electrons. The lowest BCUT2D eigenvalue weighted by molar-refractivity contribution is 0.346. The van der Waals surface area contributed by atoms with Crippen molar-refractivity contribution in [2.45, 2.75) is 26.7 Å². The zero-order valence-electron chi connectivity index (χ0n) is 8.26. The summed E-state index contributed by atoms with van der Waals surface area (Å²) >= 11 is 1.90. The monoisotopic (exact) mass is 196 g/mol. The molecule has 1 N–H and O–H groups in total. The Hall–Kier alpha value is -0.410. The molecular formula is C10H16N2S. The molecule has 0 bridgehead atoms. The number of nitrogens with zero attached hydrogens (tertiary/aromatic N) is 1. The van der Waals surface area contributed by atoms with Gasteiger partial charge in [0.05, 0.1) is 10.7 Å². The molecule has 0 amide bonds. The van der Waals surface area contributed by atoms with Crippen LogP contribution < -0.4 is 5.32 Å². The van der Waals surface area contributed by atoms with E-state index in [1.165, 1.54) is 35.1 Å². The Labute approximate surface area is 83.4 Å². The third-order valence-corrected chi connectivity index (χ3v) is 3.91. The minimum Gasteiger partial charge on any atom is -0.316 e. The van der Waals surface area contributed by atoms with Gasteiger partial charge in [-0.15, -0.1) is 11.3 Å². The summed E-state index contributed by atoms with van der Waals surface area (Å²) < 4.78 is 0. The second kappa shape index (κ2) is 3.76. The van der Waals surface area contributed by atoms with Crippen molar-refractivity contribution < 1.29 is 0 Å². The highest BCUT2D eigenvalue weighted by Gasteiger charge is 2.19. The van der Waals surface area contributed by atoms with Gasteiger partial charge in [-0.3, -0.25) is 0 Å². The molecule has 0 atom stereocenters. The third kappa shape index (κ3) is 1.92. The molecule has 1 aromatic rings. The van der Waals surface area contributed by atoms with Gasteiger partial charge in [0, 0.05) is 11.3 Å². The van der Waals surface area contributed by atoms with Crippen LogP contribution in [0.15, 0.2) is 0 Å². The molecule has 1 aliphatic heterocycles. The number of aryl methyl sites for hydroxylation is 2. The molecule has 0 aliphatic carbocycles. The number of hydrogen-bond acceptors (Lipinski definition) is 3. The molecule has 2 nitrogen and oxygen atoms in total. The van der Waals surface area contributed by atoms with E-state index in [0.29, 0.717) is 0 Å². The highest BCUT2D eigenvalue weighted by molar-refractivity contribution is 7.11. The van der Waals surface area contributed by atoms with Crippen LogP contribution in [-0.2, 0) is 12.8 Å². The predicted octanol–water partition coefficient (Wildman–Crippen LogP) is 1.78. The Morgan fingerprint density at radius 2 is 2.31 bits per heavy atom. The molecular weight excluding hydrogens is 180 g/mol. The summed E-state index contributed by atoms with van der Waals surface area (Å²) in [7, 11) is 0. The molecule has 0 spiro atoms. The summed E-state index contributed by atoms with van der Waals surface area (Å²) in [6.07, 6.45) is 2.31. The van der Waals surface area contributed by atoms with Gasteiger partial charge >= 0.3 is 0 Å². The van der Waals surface area contributed by atoms with Crippen LogP contribution in [0.3, 0.4) is 0 Å². The van der Waals surface area contributed by atoms with E-state index in [1.54, 1.807) is 0 Å². The summed E-state index contributed by atoms with van der Waals surface area (Å²) in [5, 5.41) is 4.63. The third-order valence-electron chi connectivity index (χ3n) is 2.59. The molecule has 0 saturated carbocycles. The van der Waals surface area contributed by atoms with Crippen molar-refractivity contribution in [2.75, 3.05) is 13.1 Å². The Kier molecular flexibility index (Phi) is 2.65. The van der Waals surface area contributed by atoms with E-state index in [1.807, 2.05) is 11.3 Å². The van der Waals surface area contributed by atoms with Crippen molar-refractivity contribution in [2.24, 2.45) is 5.92 Å². The van der Waals surface area contributed by atoms with Crippen molar-refractivity contribution >= 4 is 11.3 Å². The minimum absolute atomic E-state index is 0.843. The first kappa shape index (κ1) is 9.16. The van der Waals surface area contributed by atoms with Gasteiger partial charge in [-0.1, -0.05) is 6.92 Å². The second-order valence-corrected chi connectivity index (χ2v) is 4.87. The fraction of sp³-hybridized carbons (Fsp3) is 0.700. The molecule has 1 saturated heterocycles. The van der Waals surface area contributed by atoms with Crippen molar-refractivity contribution in [3.05, 3.63) is 15.6 Å². The van der Waals surface area contributed by atoms with Gasteiger partial charge < -0.3 is 5.32 Å². The van der Waals surface area contributed by atoms with Gasteiger partial charge in [0.1, 0.15) is 0 Å². The normalized spacial score (nSPS) is 17.4. The van der Waals surface area contributed by atoms with Crippen molar-refractivity contribution in [3.8, 4) is 0 Å².